The summed E-state index contributed by atoms with van der Waals surface area (Å²) in [5.74, 6) is -0.577. The molecule has 2 heterocycles. The molecule has 154 valence electrons. The number of hydrogen-bond donors (Lipinski definition) is 3. The Bertz CT molecular complexity index is 849. The highest BCUT2D eigenvalue weighted by Gasteiger charge is 2.32. The minimum Gasteiger partial charge on any atom is -0.481 e. The Labute approximate surface area is 169 Å². The standard InChI is InChI=1S/C20H22FN3O.C2H4O2/c21-17-7-5-16(6-8-17)19-18-4-2-1-3-15(18)9-10-24(19)20(25)23-13-14-11-22-12-14;1-2(3)4/h1-8,14,19,22H,9-13H2,(H,23,25);1H3,(H,3,4)/t19-;/m0./s1. The van der Waals surface area contributed by atoms with Crippen LogP contribution in [0.25, 0.3) is 0 Å². The Kier molecular flexibility index (Phi) is 6.82. The van der Waals surface area contributed by atoms with Crippen LogP contribution in [0.1, 0.15) is 29.7 Å². The number of carbonyl (C=O) groups excluding carboxylic acids is 1. The molecule has 0 radical (unpaired) electrons. The zero-order valence-electron chi connectivity index (χ0n) is 16.4. The van der Waals surface area contributed by atoms with Gasteiger partial charge < -0.3 is 20.6 Å². The summed E-state index contributed by atoms with van der Waals surface area (Å²) >= 11 is 0. The highest BCUT2D eigenvalue weighted by molar-refractivity contribution is 5.76. The fraction of sp³-hybridized carbons (Fsp3) is 0.364. The zero-order valence-corrected chi connectivity index (χ0v) is 16.4. The predicted octanol–water partition coefficient (Wildman–Crippen LogP) is 2.79. The van der Waals surface area contributed by atoms with Crippen LogP contribution in [-0.2, 0) is 11.2 Å². The van der Waals surface area contributed by atoms with Crippen LogP contribution in [0.5, 0.6) is 0 Å². The van der Waals surface area contributed by atoms with Gasteiger partial charge in [-0.3, -0.25) is 4.79 Å². The molecule has 2 aliphatic rings. The topological polar surface area (TPSA) is 81.7 Å². The van der Waals surface area contributed by atoms with Gasteiger partial charge in [0.05, 0.1) is 6.04 Å². The molecule has 6 nitrogen and oxygen atoms in total. The van der Waals surface area contributed by atoms with Crippen molar-refractivity contribution in [2.24, 2.45) is 5.92 Å². The number of halogens is 1. The summed E-state index contributed by atoms with van der Waals surface area (Å²) in [6.45, 7) is 4.36. The fourth-order valence-electron chi connectivity index (χ4n) is 3.62. The predicted molar refractivity (Wildman–Crippen MR) is 108 cm³/mol. The van der Waals surface area contributed by atoms with Gasteiger partial charge in [-0.05, 0) is 35.2 Å². The molecule has 0 unspecified atom stereocenters. The van der Waals surface area contributed by atoms with E-state index in [-0.39, 0.29) is 17.9 Å². The smallest absolute Gasteiger partial charge is 0.318 e. The van der Waals surface area contributed by atoms with Crippen molar-refractivity contribution in [2.75, 3.05) is 26.2 Å². The van der Waals surface area contributed by atoms with E-state index in [0.29, 0.717) is 19.0 Å². The van der Waals surface area contributed by atoms with Gasteiger partial charge in [-0.1, -0.05) is 36.4 Å². The van der Waals surface area contributed by atoms with Crippen LogP contribution in [0, 0.1) is 11.7 Å². The van der Waals surface area contributed by atoms with E-state index in [9.17, 15) is 9.18 Å². The van der Waals surface area contributed by atoms with Crippen LogP contribution in [0.3, 0.4) is 0 Å². The Morgan fingerprint density at radius 1 is 1.17 bits per heavy atom. The highest BCUT2D eigenvalue weighted by Crippen LogP contribution is 2.35. The minimum absolute atomic E-state index is 0.0456. The molecular weight excluding hydrogens is 373 g/mol. The second-order valence-corrected chi connectivity index (χ2v) is 7.33. The second-order valence-electron chi connectivity index (χ2n) is 7.33. The van der Waals surface area contributed by atoms with E-state index >= 15 is 0 Å². The number of carboxylic acid groups (broad SMARTS) is 1. The molecule has 0 bridgehead atoms. The Balaban J connectivity index is 0.000000552. The maximum absolute atomic E-state index is 13.4. The van der Waals surface area contributed by atoms with Gasteiger partial charge in [-0.2, -0.15) is 0 Å². The van der Waals surface area contributed by atoms with Gasteiger partial charge in [0.1, 0.15) is 5.82 Å². The van der Waals surface area contributed by atoms with E-state index < -0.39 is 5.97 Å². The maximum Gasteiger partial charge on any atom is 0.318 e. The number of urea groups is 1. The van der Waals surface area contributed by atoms with Crippen LogP contribution in [0.15, 0.2) is 48.5 Å². The average Bonchev–Trinajstić information content (AvgIpc) is 2.66. The lowest BCUT2D eigenvalue weighted by Crippen LogP contribution is -2.52. The van der Waals surface area contributed by atoms with E-state index in [1.54, 1.807) is 12.1 Å². The summed E-state index contributed by atoms with van der Waals surface area (Å²) < 4.78 is 13.4. The van der Waals surface area contributed by atoms with Gasteiger partial charge in [0.15, 0.2) is 0 Å². The Hall–Kier alpha value is -2.93. The molecule has 4 rings (SSSR count). The third-order valence-electron chi connectivity index (χ3n) is 5.14. The SMILES string of the molecule is CC(=O)O.O=C(NCC1CNC1)N1CCc2ccccc2[C@@H]1c1ccc(F)cc1. The first-order chi connectivity index (χ1) is 14.0. The van der Waals surface area contributed by atoms with Crippen LogP contribution in [0.2, 0.25) is 0 Å². The number of amides is 2. The zero-order chi connectivity index (χ0) is 20.8. The fourth-order valence-corrected chi connectivity index (χ4v) is 3.62. The van der Waals surface area contributed by atoms with E-state index in [4.69, 9.17) is 9.90 Å². The number of aliphatic carboxylic acids is 1. The molecule has 0 saturated carbocycles. The van der Waals surface area contributed by atoms with Crippen molar-refractivity contribution in [3.63, 3.8) is 0 Å². The van der Waals surface area contributed by atoms with E-state index in [0.717, 1.165) is 37.6 Å². The maximum atomic E-state index is 13.4. The number of carbonyl (C=O) groups is 2. The van der Waals surface area contributed by atoms with Crippen molar-refractivity contribution >= 4 is 12.0 Å². The first-order valence-electron chi connectivity index (χ1n) is 9.73. The summed E-state index contributed by atoms with van der Waals surface area (Å²) in [5.41, 5.74) is 3.32. The number of benzene rings is 2. The molecule has 3 N–H and O–H groups in total. The molecule has 29 heavy (non-hydrogen) atoms. The van der Waals surface area contributed by atoms with Gasteiger partial charge in [0.25, 0.3) is 5.97 Å². The lowest BCUT2D eigenvalue weighted by Gasteiger charge is -2.38. The van der Waals surface area contributed by atoms with Crippen molar-refractivity contribution in [1.82, 2.24) is 15.5 Å². The summed E-state index contributed by atoms with van der Waals surface area (Å²) in [6, 6.07) is 14.5. The van der Waals surface area contributed by atoms with Crippen LogP contribution >= 0.6 is 0 Å². The lowest BCUT2D eigenvalue weighted by atomic mass is 9.88. The molecule has 2 aliphatic heterocycles. The molecule has 1 atom stereocenters. The van der Waals surface area contributed by atoms with Crippen molar-refractivity contribution in [3.8, 4) is 0 Å². The van der Waals surface area contributed by atoms with Crippen molar-refractivity contribution in [3.05, 3.63) is 71.0 Å². The summed E-state index contributed by atoms with van der Waals surface area (Å²) in [6.07, 6.45) is 0.840. The van der Waals surface area contributed by atoms with Crippen molar-refractivity contribution in [2.45, 2.75) is 19.4 Å². The van der Waals surface area contributed by atoms with Crippen LogP contribution in [-0.4, -0.2) is 48.2 Å². The normalized spacial score (nSPS) is 18.0. The van der Waals surface area contributed by atoms with Gasteiger partial charge in [-0.15, -0.1) is 0 Å². The Morgan fingerprint density at radius 3 is 2.45 bits per heavy atom. The second kappa shape index (κ2) is 9.52. The number of nitrogens with one attached hydrogen (secondary N) is 2. The number of nitrogens with zero attached hydrogens (tertiary/aromatic N) is 1. The molecule has 0 aliphatic carbocycles. The van der Waals surface area contributed by atoms with Gasteiger partial charge >= 0.3 is 6.03 Å². The molecule has 2 aromatic rings. The van der Waals surface area contributed by atoms with Crippen LogP contribution < -0.4 is 10.6 Å². The van der Waals surface area contributed by atoms with Gasteiger partial charge in [-0.25, -0.2) is 9.18 Å². The molecule has 1 saturated heterocycles. The van der Waals surface area contributed by atoms with Gasteiger partial charge in [0, 0.05) is 39.0 Å². The largest absolute Gasteiger partial charge is 0.481 e. The van der Waals surface area contributed by atoms with Gasteiger partial charge in [0.2, 0.25) is 0 Å². The molecule has 0 spiro atoms. The molecule has 1 fully saturated rings. The molecule has 0 aromatic heterocycles. The van der Waals surface area contributed by atoms with E-state index in [1.165, 1.54) is 17.7 Å². The van der Waals surface area contributed by atoms with Crippen LogP contribution in [0.4, 0.5) is 9.18 Å². The minimum atomic E-state index is -0.833. The molecule has 2 aromatic carbocycles. The molecule has 2 amide bonds. The first-order valence-corrected chi connectivity index (χ1v) is 9.73. The van der Waals surface area contributed by atoms with E-state index in [2.05, 4.69) is 22.8 Å². The monoisotopic (exact) mass is 399 g/mol. The van der Waals surface area contributed by atoms with E-state index in [1.807, 2.05) is 17.0 Å². The highest BCUT2D eigenvalue weighted by atomic mass is 19.1. The third kappa shape index (κ3) is 5.32. The number of rotatable bonds is 3. The first kappa shape index (κ1) is 20.8. The number of hydrogen-bond acceptors (Lipinski definition) is 3. The lowest BCUT2D eigenvalue weighted by molar-refractivity contribution is -0.134. The summed E-state index contributed by atoms with van der Waals surface area (Å²) in [5, 5.41) is 13.7. The molecule has 7 heteroatoms. The third-order valence-corrected chi connectivity index (χ3v) is 5.14. The summed E-state index contributed by atoms with van der Waals surface area (Å²) in [7, 11) is 0. The van der Waals surface area contributed by atoms with Crippen molar-refractivity contribution < 1.29 is 19.1 Å². The Morgan fingerprint density at radius 2 is 1.83 bits per heavy atom. The number of carboxylic acids is 1. The van der Waals surface area contributed by atoms with Crippen molar-refractivity contribution in [1.29, 1.82) is 0 Å². The quantitative estimate of drug-likeness (QED) is 0.741. The number of fused-ring (bicyclic) bond motifs is 1. The molecular formula is C22H26FN3O3. The average molecular weight is 399 g/mol. The summed E-state index contributed by atoms with van der Waals surface area (Å²) in [4.78, 5) is 23.7.